The van der Waals surface area contributed by atoms with E-state index < -0.39 is 0 Å². The lowest BCUT2D eigenvalue weighted by molar-refractivity contribution is 0.0943. The van der Waals surface area contributed by atoms with Gasteiger partial charge in [0.2, 0.25) is 0 Å². The predicted octanol–water partition coefficient (Wildman–Crippen LogP) is 2.24. The Morgan fingerprint density at radius 2 is 2.12 bits per heavy atom. The molecular weight excluding hydrogens is 300 g/mol. The first kappa shape index (κ1) is 12.5. The van der Waals surface area contributed by atoms with Crippen molar-refractivity contribution in [2.45, 2.75) is 18.9 Å². The molecule has 0 spiro atoms. The molecule has 0 heterocycles. The van der Waals surface area contributed by atoms with Crippen LogP contribution in [0.5, 0.6) is 0 Å². The third kappa shape index (κ3) is 3.04. The molecule has 90 valence electrons. The molecule has 1 atom stereocenters. The number of rotatable bonds is 4. The van der Waals surface area contributed by atoms with E-state index in [0.29, 0.717) is 16.5 Å². The summed E-state index contributed by atoms with van der Waals surface area (Å²) in [5.74, 6) is 0.279. The van der Waals surface area contributed by atoms with Gasteiger partial charge in [-0.15, -0.1) is 0 Å². The largest absolute Gasteiger partial charge is 0.392 e. The van der Waals surface area contributed by atoms with Crippen molar-refractivity contribution in [1.82, 2.24) is 5.32 Å². The fraction of sp³-hybridized carbons (Fsp3) is 0.333. The standard InChI is InChI=1S/C12H13BrN2OS/c13-9-4-2-1-3-8(9)12(16)15-10(11(14)17)7-5-6-7/h1-4,7,10H,5-6H2,(H2,14,17)(H,15,16). The van der Waals surface area contributed by atoms with Gasteiger partial charge in [-0.3, -0.25) is 4.79 Å². The van der Waals surface area contributed by atoms with Crippen LogP contribution in [0.1, 0.15) is 23.2 Å². The summed E-state index contributed by atoms with van der Waals surface area (Å²) in [6, 6.07) is 7.12. The third-order valence-corrected chi connectivity index (χ3v) is 3.75. The fourth-order valence-electron chi connectivity index (χ4n) is 1.72. The minimum Gasteiger partial charge on any atom is -0.392 e. The molecule has 0 aliphatic heterocycles. The summed E-state index contributed by atoms with van der Waals surface area (Å²) in [5, 5.41) is 2.90. The highest BCUT2D eigenvalue weighted by Crippen LogP contribution is 2.33. The Labute approximate surface area is 114 Å². The van der Waals surface area contributed by atoms with E-state index in [0.717, 1.165) is 17.3 Å². The Balaban J connectivity index is 2.10. The lowest BCUT2D eigenvalue weighted by Gasteiger charge is -2.17. The van der Waals surface area contributed by atoms with Crippen molar-refractivity contribution in [1.29, 1.82) is 0 Å². The number of hydrogen-bond acceptors (Lipinski definition) is 2. The summed E-state index contributed by atoms with van der Waals surface area (Å²) in [6.07, 6.45) is 2.16. The normalized spacial score (nSPS) is 16.3. The fourth-order valence-corrected chi connectivity index (χ4v) is 2.43. The van der Waals surface area contributed by atoms with Crippen molar-refractivity contribution in [3.63, 3.8) is 0 Å². The van der Waals surface area contributed by atoms with Crippen LogP contribution in [0.3, 0.4) is 0 Å². The number of carbonyl (C=O) groups is 1. The van der Waals surface area contributed by atoms with Gasteiger partial charge in [0.15, 0.2) is 0 Å². The number of thiocarbonyl (C=S) groups is 1. The number of carbonyl (C=O) groups excluding carboxylic acids is 1. The van der Waals surface area contributed by atoms with Crippen LogP contribution < -0.4 is 11.1 Å². The zero-order valence-corrected chi connectivity index (χ0v) is 11.6. The molecule has 1 aromatic rings. The average molecular weight is 313 g/mol. The molecule has 17 heavy (non-hydrogen) atoms. The zero-order chi connectivity index (χ0) is 12.4. The van der Waals surface area contributed by atoms with Crippen LogP contribution in [0.4, 0.5) is 0 Å². The highest BCUT2D eigenvalue weighted by atomic mass is 79.9. The zero-order valence-electron chi connectivity index (χ0n) is 9.15. The van der Waals surface area contributed by atoms with Crippen LogP contribution in [0, 0.1) is 5.92 Å². The molecule has 2 rings (SSSR count). The highest BCUT2D eigenvalue weighted by Gasteiger charge is 2.34. The van der Waals surface area contributed by atoms with Crippen LogP contribution in [0.25, 0.3) is 0 Å². The predicted molar refractivity (Wildman–Crippen MR) is 74.9 cm³/mol. The van der Waals surface area contributed by atoms with Gasteiger partial charge in [0.25, 0.3) is 5.91 Å². The van der Waals surface area contributed by atoms with Crippen LogP contribution in [-0.2, 0) is 0 Å². The second-order valence-corrected chi connectivity index (χ2v) is 5.50. The molecule has 1 unspecified atom stereocenters. The number of halogens is 1. The van der Waals surface area contributed by atoms with Gasteiger partial charge in [0.1, 0.15) is 0 Å². The molecule has 5 heteroatoms. The molecule has 1 aliphatic carbocycles. The molecule has 1 aliphatic rings. The summed E-state index contributed by atoms with van der Waals surface area (Å²) >= 11 is 8.34. The van der Waals surface area contributed by atoms with Crippen LogP contribution >= 0.6 is 28.1 Å². The summed E-state index contributed by atoms with van der Waals surface area (Å²) in [5.41, 5.74) is 6.25. The maximum absolute atomic E-state index is 12.1. The van der Waals surface area contributed by atoms with Gasteiger partial charge >= 0.3 is 0 Å². The maximum Gasteiger partial charge on any atom is 0.252 e. The Morgan fingerprint density at radius 1 is 1.47 bits per heavy atom. The van der Waals surface area contributed by atoms with Gasteiger partial charge < -0.3 is 11.1 Å². The monoisotopic (exact) mass is 312 g/mol. The number of hydrogen-bond donors (Lipinski definition) is 2. The molecule has 1 aromatic carbocycles. The van der Waals surface area contributed by atoms with Crippen molar-refractivity contribution >= 4 is 39.0 Å². The summed E-state index contributed by atoms with van der Waals surface area (Å²) < 4.78 is 0.773. The highest BCUT2D eigenvalue weighted by molar-refractivity contribution is 9.10. The Bertz CT molecular complexity index is 460. The maximum atomic E-state index is 12.1. The minimum atomic E-state index is -0.176. The Hall–Kier alpha value is -0.940. The molecule has 1 saturated carbocycles. The van der Waals surface area contributed by atoms with E-state index in [9.17, 15) is 4.79 Å². The van der Waals surface area contributed by atoms with Gasteiger partial charge in [-0.25, -0.2) is 0 Å². The Kier molecular flexibility index (Phi) is 3.79. The summed E-state index contributed by atoms with van der Waals surface area (Å²) in [6.45, 7) is 0. The van der Waals surface area contributed by atoms with E-state index >= 15 is 0 Å². The van der Waals surface area contributed by atoms with Crippen molar-refractivity contribution < 1.29 is 4.79 Å². The molecule has 3 nitrogen and oxygen atoms in total. The van der Waals surface area contributed by atoms with E-state index in [-0.39, 0.29) is 11.9 Å². The van der Waals surface area contributed by atoms with Crippen molar-refractivity contribution in [2.24, 2.45) is 11.7 Å². The van der Waals surface area contributed by atoms with E-state index in [1.165, 1.54) is 0 Å². The number of nitrogens with two attached hydrogens (primary N) is 1. The second-order valence-electron chi connectivity index (χ2n) is 4.17. The smallest absolute Gasteiger partial charge is 0.252 e. The average Bonchev–Trinajstić information content (AvgIpc) is 3.09. The molecule has 0 aromatic heterocycles. The van der Waals surface area contributed by atoms with Crippen molar-refractivity contribution in [3.8, 4) is 0 Å². The molecule has 1 fully saturated rings. The molecule has 0 radical (unpaired) electrons. The van der Waals surface area contributed by atoms with Crippen LogP contribution in [-0.4, -0.2) is 16.9 Å². The Morgan fingerprint density at radius 3 is 2.65 bits per heavy atom. The van der Waals surface area contributed by atoms with Crippen LogP contribution in [0.15, 0.2) is 28.7 Å². The summed E-state index contributed by atoms with van der Waals surface area (Å²) in [7, 11) is 0. The third-order valence-electron chi connectivity index (χ3n) is 2.81. The van der Waals surface area contributed by atoms with Gasteiger partial charge in [-0.2, -0.15) is 0 Å². The first-order valence-corrected chi connectivity index (χ1v) is 6.64. The van der Waals surface area contributed by atoms with E-state index in [1.54, 1.807) is 6.07 Å². The number of nitrogens with one attached hydrogen (secondary N) is 1. The van der Waals surface area contributed by atoms with E-state index in [2.05, 4.69) is 21.2 Å². The quantitative estimate of drug-likeness (QED) is 0.838. The topological polar surface area (TPSA) is 55.1 Å². The van der Waals surface area contributed by atoms with Crippen molar-refractivity contribution in [3.05, 3.63) is 34.3 Å². The molecular formula is C12H13BrN2OS. The molecule has 0 saturated heterocycles. The van der Waals surface area contributed by atoms with Gasteiger partial charge in [-0.05, 0) is 46.8 Å². The lowest BCUT2D eigenvalue weighted by atomic mass is 10.1. The SMILES string of the molecule is NC(=S)C(NC(=O)c1ccccc1Br)C1CC1. The number of benzene rings is 1. The van der Waals surface area contributed by atoms with E-state index in [1.807, 2.05) is 18.2 Å². The molecule has 0 bridgehead atoms. The van der Waals surface area contributed by atoms with Crippen LogP contribution in [0.2, 0.25) is 0 Å². The van der Waals surface area contributed by atoms with Gasteiger partial charge in [0, 0.05) is 4.47 Å². The van der Waals surface area contributed by atoms with E-state index in [4.69, 9.17) is 18.0 Å². The first-order chi connectivity index (χ1) is 8.09. The van der Waals surface area contributed by atoms with Crippen molar-refractivity contribution in [2.75, 3.05) is 0 Å². The molecule has 1 amide bonds. The summed E-state index contributed by atoms with van der Waals surface area (Å²) in [4.78, 5) is 12.4. The van der Waals surface area contributed by atoms with Gasteiger partial charge in [0.05, 0.1) is 16.6 Å². The minimum absolute atomic E-state index is 0.137. The molecule has 3 N–H and O–H groups in total. The van der Waals surface area contributed by atoms with Gasteiger partial charge in [-0.1, -0.05) is 24.4 Å². The first-order valence-electron chi connectivity index (χ1n) is 5.44. The second kappa shape index (κ2) is 5.14. The number of amides is 1. The lowest BCUT2D eigenvalue weighted by Crippen LogP contribution is -2.45.